The first kappa shape index (κ1) is 16.7. The van der Waals surface area contributed by atoms with Crippen molar-refractivity contribution in [2.24, 2.45) is 4.99 Å². The quantitative estimate of drug-likeness (QED) is 0.825. The maximum atomic E-state index is 11.9. The first-order valence-corrected chi connectivity index (χ1v) is 7.11. The van der Waals surface area contributed by atoms with Crippen LogP contribution >= 0.6 is 0 Å². The van der Waals surface area contributed by atoms with E-state index in [2.05, 4.69) is 15.3 Å². The van der Waals surface area contributed by atoms with Crippen LogP contribution in [-0.2, 0) is 11.3 Å². The van der Waals surface area contributed by atoms with Crippen molar-refractivity contribution < 1.29 is 14.7 Å². The fourth-order valence-corrected chi connectivity index (χ4v) is 2.36. The average molecular weight is 316 g/mol. The molecule has 0 unspecified atom stereocenters. The van der Waals surface area contributed by atoms with Crippen molar-refractivity contribution in [2.75, 3.05) is 14.2 Å². The smallest absolute Gasteiger partial charge is 0.278 e. The highest BCUT2D eigenvalue weighted by Crippen LogP contribution is 2.23. The van der Waals surface area contributed by atoms with Crippen molar-refractivity contribution in [1.82, 2.24) is 15.4 Å². The van der Waals surface area contributed by atoms with Crippen LogP contribution in [0.5, 0.6) is 5.88 Å². The predicted octanol–water partition coefficient (Wildman–Crippen LogP) is 1.66. The molecule has 0 aliphatic carbocycles. The van der Waals surface area contributed by atoms with E-state index in [1.54, 1.807) is 13.3 Å². The molecule has 0 fully saturated rings. The van der Waals surface area contributed by atoms with Crippen LogP contribution in [0.4, 0.5) is 0 Å². The number of aromatic nitrogens is 1. The predicted molar refractivity (Wildman–Crippen MR) is 86.1 cm³/mol. The van der Waals surface area contributed by atoms with Crippen LogP contribution in [0, 0.1) is 0 Å². The molecule has 1 aromatic rings. The summed E-state index contributed by atoms with van der Waals surface area (Å²) in [7, 11) is 3.09. The van der Waals surface area contributed by atoms with Gasteiger partial charge in [-0.15, -0.1) is 0 Å². The molecule has 23 heavy (non-hydrogen) atoms. The monoisotopic (exact) mass is 316 g/mol. The summed E-state index contributed by atoms with van der Waals surface area (Å²) in [5.74, 6) is 0.198. The fraction of sp³-hybridized carbons (Fsp3) is 0.312. The average Bonchev–Trinajstić information content (AvgIpc) is 2.55. The van der Waals surface area contributed by atoms with E-state index in [9.17, 15) is 10.0 Å². The maximum absolute atomic E-state index is 11.9. The van der Waals surface area contributed by atoms with Gasteiger partial charge in [-0.1, -0.05) is 11.6 Å². The minimum atomic E-state index is -0.545. The molecule has 2 rings (SSSR count). The van der Waals surface area contributed by atoms with Crippen molar-refractivity contribution in [3.05, 3.63) is 46.8 Å². The van der Waals surface area contributed by atoms with Crippen molar-refractivity contribution in [2.45, 2.75) is 20.4 Å². The summed E-state index contributed by atoms with van der Waals surface area (Å²) in [4.78, 5) is 20.1. The Morgan fingerprint density at radius 1 is 1.48 bits per heavy atom. The highest BCUT2D eigenvalue weighted by molar-refractivity contribution is 6.15. The van der Waals surface area contributed by atoms with Crippen LogP contribution in [0.15, 0.2) is 46.2 Å². The number of ether oxygens (including phenoxy) is 1. The number of nitrogens with one attached hydrogen (secondary N) is 1. The van der Waals surface area contributed by atoms with Crippen molar-refractivity contribution in [3.63, 3.8) is 0 Å². The number of amidine groups is 1. The zero-order valence-corrected chi connectivity index (χ0v) is 13.6. The Labute approximate surface area is 135 Å². The van der Waals surface area contributed by atoms with Gasteiger partial charge in [-0.25, -0.2) is 4.98 Å². The van der Waals surface area contributed by atoms with E-state index in [-0.39, 0.29) is 5.84 Å². The van der Waals surface area contributed by atoms with Gasteiger partial charge in [0.25, 0.3) is 5.91 Å². The number of aliphatic imine (C=N–C) groups is 1. The SMILES string of the molecule is CN=C1C(=C(C)C)C(NCc2cccnc2OC)=CC(=O)N1O. The van der Waals surface area contributed by atoms with Crippen LogP contribution in [0.1, 0.15) is 19.4 Å². The van der Waals surface area contributed by atoms with E-state index in [0.29, 0.717) is 28.8 Å². The summed E-state index contributed by atoms with van der Waals surface area (Å²) in [6, 6.07) is 3.70. The highest BCUT2D eigenvalue weighted by Gasteiger charge is 2.28. The zero-order valence-electron chi connectivity index (χ0n) is 13.6. The van der Waals surface area contributed by atoms with Crippen LogP contribution in [0.3, 0.4) is 0 Å². The largest absolute Gasteiger partial charge is 0.481 e. The van der Waals surface area contributed by atoms with Crippen LogP contribution in [0.25, 0.3) is 0 Å². The van der Waals surface area contributed by atoms with Crippen molar-refractivity contribution in [1.29, 1.82) is 0 Å². The Morgan fingerprint density at radius 3 is 2.83 bits per heavy atom. The number of pyridine rings is 1. The van der Waals surface area contributed by atoms with Gasteiger partial charge >= 0.3 is 0 Å². The third-order valence-corrected chi connectivity index (χ3v) is 3.39. The number of nitrogens with zero attached hydrogens (tertiary/aromatic N) is 3. The van der Waals surface area contributed by atoms with Gasteiger partial charge in [0, 0.05) is 37.0 Å². The lowest BCUT2D eigenvalue weighted by molar-refractivity contribution is -0.143. The Bertz CT molecular complexity index is 703. The Morgan fingerprint density at radius 2 is 2.22 bits per heavy atom. The number of hydroxylamine groups is 2. The molecule has 0 spiro atoms. The topological polar surface area (TPSA) is 87.1 Å². The molecule has 0 bridgehead atoms. The standard InChI is InChI=1S/C16H20N4O3/c1-10(2)14-12(8-13(21)20(22)15(14)17-3)19-9-11-6-5-7-18-16(11)23-4/h5-8,19,22H,9H2,1-4H3. The molecule has 0 saturated carbocycles. The molecule has 0 radical (unpaired) electrons. The number of rotatable bonds is 4. The molecule has 7 nitrogen and oxygen atoms in total. The second-order valence-electron chi connectivity index (χ2n) is 5.16. The number of allylic oxidation sites excluding steroid dienone is 1. The third-order valence-electron chi connectivity index (χ3n) is 3.39. The molecule has 2 heterocycles. The molecule has 2 N–H and O–H groups in total. The summed E-state index contributed by atoms with van der Waals surface area (Å²) >= 11 is 0. The van der Waals surface area contributed by atoms with E-state index in [1.165, 1.54) is 13.1 Å². The maximum Gasteiger partial charge on any atom is 0.278 e. The Kier molecular flexibility index (Phi) is 5.13. The Balaban J connectivity index is 2.32. The second-order valence-corrected chi connectivity index (χ2v) is 5.16. The number of hydrogen-bond donors (Lipinski definition) is 2. The summed E-state index contributed by atoms with van der Waals surface area (Å²) < 4.78 is 5.22. The molecule has 1 aromatic heterocycles. The number of hydrogen-bond acceptors (Lipinski definition) is 6. The lowest BCUT2D eigenvalue weighted by Crippen LogP contribution is -2.40. The Hall–Kier alpha value is -2.67. The third kappa shape index (κ3) is 3.40. The van der Waals surface area contributed by atoms with E-state index < -0.39 is 5.91 Å². The molecule has 122 valence electrons. The number of carbonyl (C=O) groups is 1. The van der Waals surface area contributed by atoms with E-state index in [4.69, 9.17) is 4.74 Å². The molecule has 0 atom stereocenters. The van der Waals surface area contributed by atoms with Gasteiger partial charge in [-0.3, -0.25) is 15.0 Å². The molecule has 0 saturated heterocycles. The molecule has 1 aliphatic heterocycles. The van der Waals surface area contributed by atoms with Crippen LogP contribution < -0.4 is 10.1 Å². The lowest BCUT2D eigenvalue weighted by atomic mass is 10.0. The van der Waals surface area contributed by atoms with Crippen LogP contribution in [-0.4, -0.2) is 41.2 Å². The number of amides is 1. The van der Waals surface area contributed by atoms with Crippen molar-refractivity contribution >= 4 is 11.7 Å². The van der Waals surface area contributed by atoms with Gasteiger partial charge in [-0.2, -0.15) is 5.06 Å². The van der Waals surface area contributed by atoms with E-state index in [1.807, 2.05) is 26.0 Å². The number of methoxy groups -OCH3 is 1. The molecule has 7 heteroatoms. The minimum absolute atomic E-state index is 0.221. The molecular weight excluding hydrogens is 296 g/mol. The fourth-order valence-electron chi connectivity index (χ4n) is 2.36. The molecular formula is C16H20N4O3. The second kappa shape index (κ2) is 7.06. The van der Waals surface area contributed by atoms with Gasteiger partial charge in [0.05, 0.1) is 12.8 Å². The van der Waals surface area contributed by atoms with Gasteiger partial charge in [0.2, 0.25) is 5.88 Å². The van der Waals surface area contributed by atoms with Gasteiger partial charge < -0.3 is 10.1 Å². The molecule has 1 aliphatic rings. The van der Waals surface area contributed by atoms with E-state index in [0.717, 1.165) is 11.1 Å². The summed E-state index contributed by atoms with van der Waals surface area (Å²) in [5, 5.41) is 13.6. The zero-order chi connectivity index (χ0) is 17.0. The first-order valence-electron chi connectivity index (χ1n) is 7.11. The molecule has 0 aromatic carbocycles. The molecule has 1 amide bonds. The first-order chi connectivity index (χ1) is 11.0. The number of carbonyl (C=O) groups excluding carboxylic acids is 1. The summed E-state index contributed by atoms with van der Waals surface area (Å²) in [5.41, 5.74) is 3.08. The van der Waals surface area contributed by atoms with Gasteiger partial charge in [0.1, 0.15) is 0 Å². The van der Waals surface area contributed by atoms with Crippen molar-refractivity contribution in [3.8, 4) is 5.88 Å². The lowest BCUT2D eigenvalue weighted by Gasteiger charge is -2.26. The highest BCUT2D eigenvalue weighted by atomic mass is 16.5. The van der Waals surface area contributed by atoms with Gasteiger partial charge in [0.15, 0.2) is 5.84 Å². The normalized spacial score (nSPS) is 16.5. The minimum Gasteiger partial charge on any atom is -0.481 e. The van der Waals surface area contributed by atoms with Crippen LogP contribution in [0.2, 0.25) is 0 Å². The van der Waals surface area contributed by atoms with E-state index >= 15 is 0 Å². The summed E-state index contributed by atoms with van der Waals surface area (Å²) in [6.07, 6.45) is 3.00. The summed E-state index contributed by atoms with van der Waals surface area (Å²) in [6.45, 7) is 4.21. The van der Waals surface area contributed by atoms with Gasteiger partial charge in [-0.05, 0) is 19.9 Å².